The van der Waals surface area contributed by atoms with Crippen LogP contribution in [0.5, 0.6) is 0 Å². The summed E-state index contributed by atoms with van der Waals surface area (Å²) in [5.41, 5.74) is 0.423. The molecule has 2 N–H and O–H groups in total. The van der Waals surface area contributed by atoms with Gasteiger partial charge in [0.05, 0.1) is 15.7 Å². The predicted octanol–water partition coefficient (Wildman–Crippen LogP) is 4.99. The second kappa shape index (κ2) is 5.65. The smallest absolute Gasteiger partial charge is 0.326 e. The minimum Gasteiger partial charge on any atom is -0.434 e. The number of rotatable bonds is 2. The number of halogens is 3. The normalized spacial score (nSPS) is 10.2. The Bertz CT molecular complexity index is 586. The number of benzene rings is 1. The van der Waals surface area contributed by atoms with E-state index in [9.17, 15) is 4.79 Å². The van der Waals surface area contributed by atoms with Crippen molar-refractivity contribution >= 4 is 56.7 Å². The highest BCUT2D eigenvalue weighted by Gasteiger charge is 2.09. The fourth-order valence-electron chi connectivity index (χ4n) is 1.25. The highest BCUT2D eigenvalue weighted by molar-refractivity contribution is 9.10. The van der Waals surface area contributed by atoms with Gasteiger partial charge >= 0.3 is 6.03 Å². The molecule has 0 saturated heterocycles. The first-order valence-corrected chi connectivity index (χ1v) is 6.38. The lowest BCUT2D eigenvalue weighted by Gasteiger charge is -2.08. The van der Waals surface area contributed by atoms with Gasteiger partial charge in [-0.05, 0) is 34.1 Å². The molecular weight excluding hydrogens is 343 g/mol. The first-order valence-electron chi connectivity index (χ1n) is 4.83. The fourth-order valence-corrected chi connectivity index (χ4v) is 1.90. The van der Waals surface area contributed by atoms with Crippen molar-refractivity contribution in [3.63, 3.8) is 0 Å². The molecule has 2 amide bonds. The van der Waals surface area contributed by atoms with Crippen LogP contribution in [0, 0.1) is 0 Å². The first-order chi connectivity index (χ1) is 8.56. The Morgan fingerprint density at radius 2 is 1.94 bits per heavy atom. The maximum absolute atomic E-state index is 11.7. The van der Waals surface area contributed by atoms with Gasteiger partial charge in [0, 0.05) is 6.07 Å². The average molecular weight is 350 g/mol. The van der Waals surface area contributed by atoms with Crippen molar-refractivity contribution in [3.05, 3.63) is 45.0 Å². The number of nitrogens with one attached hydrogen (secondary N) is 2. The van der Waals surface area contributed by atoms with Gasteiger partial charge in [0.1, 0.15) is 0 Å². The zero-order valence-electron chi connectivity index (χ0n) is 8.84. The third kappa shape index (κ3) is 3.19. The summed E-state index contributed by atoms with van der Waals surface area (Å²) in [6, 6.07) is 7.78. The number of carbonyl (C=O) groups excluding carboxylic acids is 1. The molecule has 0 saturated carbocycles. The number of furan rings is 1. The Labute approximate surface area is 121 Å². The van der Waals surface area contributed by atoms with Gasteiger partial charge in [0.25, 0.3) is 0 Å². The van der Waals surface area contributed by atoms with E-state index in [-0.39, 0.29) is 5.02 Å². The third-order valence-corrected chi connectivity index (χ3v) is 3.25. The molecule has 0 unspecified atom stereocenters. The van der Waals surface area contributed by atoms with Gasteiger partial charge in [-0.15, -0.1) is 0 Å². The van der Waals surface area contributed by atoms with Crippen molar-refractivity contribution in [2.24, 2.45) is 0 Å². The first kappa shape index (κ1) is 13.3. The zero-order valence-corrected chi connectivity index (χ0v) is 11.9. The van der Waals surface area contributed by atoms with Gasteiger partial charge in [0.2, 0.25) is 5.88 Å². The molecule has 1 heterocycles. The molecule has 4 nitrogen and oxygen atoms in total. The standard InChI is InChI=1S/C11H7BrCl2N2O2/c12-8-4-5-9(18-8)16-11(17)15-7-3-1-2-6(13)10(7)14/h1-5H,(H2,15,16,17). The molecular formula is C11H7BrCl2N2O2. The van der Waals surface area contributed by atoms with Crippen molar-refractivity contribution in [3.8, 4) is 0 Å². The van der Waals surface area contributed by atoms with Crippen molar-refractivity contribution in [1.82, 2.24) is 0 Å². The van der Waals surface area contributed by atoms with E-state index in [0.717, 1.165) is 0 Å². The lowest BCUT2D eigenvalue weighted by Crippen LogP contribution is -2.19. The van der Waals surface area contributed by atoms with Crippen LogP contribution >= 0.6 is 39.1 Å². The topological polar surface area (TPSA) is 54.3 Å². The molecule has 0 bridgehead atoms. The quantitative estimate of drug-likeness (QED) is 0.802. The molecule has 94 valence electrons. The lowest BCUT2D eigenvalue weighted by atomic mass is 10.3. The molecule has 0 fully saturated rings. The summed E-state index contributed by atoms with van der Waals surface area (Å²) in [4.78, 5) is 11.7. The number of urea groups is 1. The maximum atomic E-state index is 11.7. The summed E-state index contributed by atoms with van der Waals surface area (Å²) in [7, 11) is 0. The van der Waals surface area contributed by atoms with Gasteiger partial charge < -0.3 is 9.73 Å². The summed E-state index contributed by atoms with van der Waals surface area (Å²) in [5.74, 6) is 0.317. The van der Waals surface area contributed by atoms with Crippen molar-refractivity contribution < 1.29 is 9.21 Å². The summed E-state index contributed by atoms with van der Waals surface area (Å²) < 4.78 is 5.66. The largest absolute Gasteiger partial charge is 0.434 e. The number of carbonyl (C=O) groups is 1. The Morgan fingerprint density at radius 3 is 2.61 bits per heavy atom. The molecule has 0 radical (unpaired) electrons. The highest BCUT2D eigenvalue weighted by Crippen LogP contribution is 2.29. The fraction of sp³-hybridized carbons (Fsp3) is 0. The molecule has 0 aliphatic carbocycles. The zero-order chi connectivity index (χ0) is 13.1. The van der Waals surface area contributed by atoms with Crippen LogP contribution in [0.25, 0.3) is 0 Å². The van der Waals surface area contributed by atoms with Gasteiger partial charge in [-0.25, -0.2) is 4.79 Å². The predicted molar refractivity (Wildman–Crippen MR) is 75.5 cm³/mol. The van der Waals surface area contributed by atoms with E-state index in [2.05, 4.69) is 26.6 Å². The van der Waals surface area contributed by atoms with E-state index in [1.54, 1.807) is 30.3 Å². The summed E-state index contributed by atoms with van der Waals surface area (Å²) in [6.45, 7) is 0. The number of amides is 2. The van der Waals surface area contributed by atoms with E-state index >= 15 is 0 Å². The van der Waals surface area contributed by atoms with Gasteiger partial charge in [0.15, 0.2) is 4.67 Å². The number of hydrogen-bond acceptors (Lipinski definition) is 2. The molecule has 0 spiro atoms. The minimum atomic E-state index is -0.471. The summed E-state index contributed by atoms with van der Waals surface area (Å²) >= 11 is 14.9. The number of anilines is 2. The molecule has 18 heavy (non-hydrogen) atoms. The maximum Gasteiger partial charge on any atom is 0.326 e. The lowest BCUT2D eigenvalue weighted by molar-refractivity contribution is 0.261. The molecule has 0 atom stereocenters. The Hall–Kier alpha value is -1.17. The summed E-state index contributed by atoms with van der Waals surface area (Å²) in [5, 5.41) is 5.73. The van der Waals surface area contributed by atoms with Crippen LogP contribution in [0.15, 0.2) is 39.4 Å². The minimum absolute atomic E-state index is 0.287. The van der Waals surface area contributed by atoms with Crippen molar-refractivity contribution in [2.45, 2.75) is 0 Å². The van der Waals surface area contributed by atoms with E-state index in [1.807, 2.05) is 0 Å². The van der Waals surface area contributed by atoms with Crippen LogP contribution < -0.4 is 10.6 Å². The molecule has 2 rings (SSSR count). The Morgan fingerprint density at radius 1 is 1.17 bits per heavy atom. The molecule has 0 aliphatic heterocycles. The van der Waals surface area contributed by atoms with Crippen molar-refractivity contribution in [2.75, 3.05) is 10.6 Å². The van der Waals surface area contributed by atoms with Gasteiger partial charge in [-0.3, -0.25) is 5.32 Å². The van der Waals surface area contributed by atoms with Gasteiger partial charge in [-0.2, -0.15) is 0 Å². The second-order valence-corrected chi connectivity index (χ2v) is 4.85. The summed E-state index contributed by atoms with van der Waals surface area (Å²) in [6.07, 6.45) is 0. The third-order valence-electron chi connectivity index (χ3n) is 2.01. The van der Waals surface area contributed by atoms with E-state index in [0.29, 0.717) is 21.3 Å². The van der Waals surface area contributed by atoms with Crippen LogP contribution in [0.4, 0.5) is 16.4 Å². The van der Waals surface area contributed by atoms with Crippen LogP contribution in [0.1, 0.15) is 0 Å². The highest BCUT2D eigenvalue weighted by atomic mass is 79.9. The van der Waals surface area contributed by atoms with Crippen LogP contribution in [-0.4, -0.2) is 6.03 Å². The SMILES string of the molecule is O=C(Nc1ccc(Br)o1)Nc1cccc(Cl)c1Cl. The van der Waals surface area contributed by atoms with E-state index in [4.69, 9.17) is 27.6 Å². The Kier molecular flexibility index (Phi) is 4.16. The van der Waals surface area contributed by atoms with E-state index in [1.165, 1.54) is 0 Å². The molecule has 1 aromatic carbocycles. The Balaban J connectivity index is 2.05. The van der Waals surface area contributed by atoms with Gasteiger partial charge in [-0.1, -0.05) is 29.3 Å². The molecule has 0 aliphatic rings. The van der Waals surface area contributed by atoms with Crippen LogP contribution in [0.2, 0.25) is 10.0 Å². The monoisotopic (exact) mass is 348 g/mol. The van der Waals surface area contributed by atoms with Crippen LogP contribution in [0.3, 0.4) is 0 Å². The molecule has 2 aromatic rings. The van der Waals surface area contributed by atoms with Crippen molar-refractivity contribution in [1.29, 1.82) is 0 Å². The molecule has 7 heteroatoms. The average Bonchev–Trinajstić information content (AvgIpc) is 2.70. The number of hydrogen-bond donors (Lipinski definition) is 2. The second-order valence-electron chi connectivity index (χ2n) is 3.28. The molecule has 1 aromatic heterocycles. The van der Waals surface area contributed by atoms with E-state index < -0.39 is 6.03 Å². The van der Waals surface area contributed by atoms with Crippen LogP contribution in [-0.2, 0) is 0 Å².